The number of fused-ring (bicyclic) bond motifs is 2. The molecule has 0 N–H and O–H groups in total. The monoisotopic (exact) mass is 284 g/mol. The van der Waals surface area contributed by atoms with Gasteiger partial charge in [0.2, 0.25) is 0 Å². The molecule has 0 heterocycles. The molecule has 4 rings (SSSR count). The molecule has 0 aromatic heterocycles. The largest absolute Gasteiger partial charge is 0.0836 e. The van der Waals surface area contributed by atoms with Crippen molar-refractivity contribution in [3.05, 3.63) is 82.8 Å². The van der Waals surface area contributed by atoms with Crippen LogP contribution in [0.3, 0.4) is 0 Å². The Labute approximate surface area is 131 Å². The van der Waals surface area contributed by atoms with Crippen LogP contribution in [0.25, 0.3) is 22.3 Å². The molecule has 0 amide bonds. The quantitative estimate of drug-likeness (QED) is 0.736. The highest BCUT2D eigenvalue weighted by atomic mass is 14.3. The van der Waals surface area contributed by atoms with E-state index in [4.69, 9.17) is 0 Å². The molecule has 2 aromatic rings. The van der Waals surface area contributed by atoms with E-state index in [0.29, 0.717) is 5.92 Å². The Bertz CT molecular complexity index is 908. The maximum absolute atomic E-state index is 2.30. The van der Waals surface area contributed by atoms with Crippen molar-refractivity contribution in [3.8, 4) is 11.1 Å². The SMILES string of the molecule is CC1=c2cccc(-c3ccccc3)c2=C(C)C2=CC=CCC21. The first-order valence-electron chi connectivity index (χ1n) is 8.00. The van der Waals surface area contributed by atoms with Crippen LogP contribution in [-0.4, -0.2) is 0 Å². The van der Waals surface area contributed by atoms with Crippen LogP contribution in [0.4, 0.5) is 0 Å². The van der Waals surface area contributed by atoms with E-state index in [0.717, 1.165) is 6.42 Å². The average molecular weight is 284 g/mol. The van der Waals surface area contributed by atoms with E-state index in [9.17, 15) is 0 Å². The molecule has 108 valence electrons. The highest BCUT2D eigenvalue weighted by Crippen LogP contribution is 2.34. The lowest BCUT2D eigenvalue weighted by Crippen LogP contribution is -2.37. The Morgan fingerprint density at radius 1 is 0.909 bits per heavy atom. The van der Waals surface area contributed by atoms with Crippen molar-refractivity contribution in [2.75, 3.05) is 0 Å². The molecule has 0 saturated carbocycles. The molecule has 0 saturated heterocycles. The van der Waals surface area contributed by atoms with Crippen molar-refractivity contribution < 1.29 is 0 Å². The van der Waals surface area contributed by atoms with Gasteiger partial charge in [-0.3, -0.25) is 0 Å². The Balaban J connectivity index is 2.14. The van der Waals surface area contributed by atoms with Gasteiger partial charge in [-0.1, -0.05) is 72.3 Å². The number of allylic oxidation sites excluding steroid dienone is 4. The maximum atomic E-state index is 2.30. The molecule has 0 fully saturated rings. The van der Waals surface area contributed by atoms with Gasteiger partial charge < -0.3 is 0 Å². The van der Waals surface area contributed by atoms with E-state index in [1.165, 1.54) is 38.3 Å². The van der Waals surface area contributed by atoms with E-state index in [1.54, 1.807) is 0 Å². The lowest BCUT2D eigenvalue weighted by Gasteiger charge is -2.28. The molecule has 0 radical (unpaired) electrons. The van der Waals surface area contributed by atoms with Crippen molar-refractivity contribution in [2.24, 2.45) is 5.92 Å². The van der Waals surface area contributed by atoms with Gasteiger partial charge in [0.15, 0.2) is 0 Å². The average Bonchev–Trinajstić information content (AvgIpc) is 2.60. The predicted octanol–water partition coefficient (Wildman–Crippen LogP) is 4.21. The summed E-state index contributed by atoms with van der Waals surface area (Å²) in [4.78, 5) is 0. The number of hydrogen-bond donors (Lipinski definition) is 0. The Morgan fingerprint density at radius 3 is 2.55 bits per heavy atom. The summed E-state index contributed by atoms with van der Waals surface area (Å²) in [5.41, 5.74) is 7.10. The van der Waals surface area contributed by atoms with Gasteiger partial charge in [0.05, 0.1) is 0 Å². The van der Waals surface area contributed by atoms with Crippen molar-refractivity contribution in [1.82, 2.24) is 0 Å². The van der Waals surface area contributed by atoms with Crippen LogP contribution in [-0.2, 0) is 0 Å². The molecule has 2 aliphatic rings. The summed E-state index contributed by atoms with van der Waals surface area (Å²) >= 11 is 0. The van der Waals surface area contributed by atoms with Gasteiger partial charge in [0.25, 0.3) is 0 Å². The van der Waals surface area contributed by atoms with Crippen molar-refractivity contribution >= 4 is 11.1 Å². The second-order valence-corrected chi connectivity index (χ2v) is 6.24. The van der Waals surface area contributed by atoms with E-state index < -0.39 is 0 Å². The summed E-state index contributed by atoms with van der Waals surface area (Å²) in [6, 6.07) is 17.5. The van der Waals surface area contributed by atoms with Gasteiger partial charge in [0, 0.05) is 5.92 Å². The fourth-order valence-electron chi connectivity index (χ4n) is 3.90. The fourth-order valence-corrected chi connectivity index (χ4v) is 3.90. The van der Waals surface area contributed by atoms with E-state index >= 15 is 0 Å². The number of rotatable bonds is 1. The Morgan fingerprint density at radius 2 is 1.73 bits per heavy atom. The van der Waals surface area contributed by atoms with Crippen molar-refractivity contribution in [3.63, 3.8) is 0 Å². The normalized spacial score (nSPS) is 19.5. The lowest BCUT2D eigenvalue weighted by atomic mass is 9.76. The van der Waals surface area contributed by atoms with Crippen LogP contribution >= 0.6 is 0 Å². The number of hydrogen-bond acceptors (Lipinski definition) is 0. The summed E-state index contributed by atoms with van der Waals surface area (Å²) in [7, 11) is 0. The van der Waals surface area contributed by atoms with Gasteiger partial charge in [-0.25, -0.2) is 0 Å². The van der Waals surface area contributed by atoms with Gasteiger partial charge in [-0.05, 0) is 53.0 Å². The first kappa shape index (κ1) is 13.3. The molecular formula is C22H20. The standard InChI is InChI=1S/C22H20/c1-15-18-11-6-7-12-19(18)16(2)22-20(15)13-8-14-21(22)17-9-4-3-5-10-17/h3-10,12-14,18H,11H2,1-2H3. The summed E-state index contributed by atoms with van der Waals surface area (Å²) in [5, 5.41) is 2.85. The topological polar surface area (TPSA) is 0 Å². The fraction of sp³-hybridized carbons (Fsp3) is 0.182. The maximum Gasteiger partial charge on any atom is 0.00920 e. The molecule has 1 unspecified atom stereocenters. The van der Waals surface area contributed by atoms with Crippen LogP contribution in [0.2, 0.25) is 0 Å². The highest BCUT2D eigenvalue weighted by Gasteiger charge is 2.24. The molecule has 0 bridgehead atoms. The predicted molar refractivity (Wildman–Crippen MR) is 94.6 cm³/mol. The smallest absolute Gasteiger partial charge is 0.00920 e. The molecular weight excluding hydrogens is 264 g/mol. The summed E-state index contributed by atoms with van der Waals surface area (Å²) in [6.07, 6.45) is 7.93. The summed E-state index contributed by atoms with van der Waals surface area (Å²) in [6.45, 7) is 4.59. The third-order valence-corrected chi connectivity index (χ3v) is 5.06. The zero-order chi connectivity index (χ0) is 15.1. The van der Waals surface area contributed by atoms with Gasteiger partial charge >= 0.3 is 0 Å². The molecule has 2 aromatic carbocycles. The zero-order valence-electron chi connectivity index (χ0n) is 13.1. The lowest BCUT2D eigenvalue weighted by molar-refractivity contribution is 0.789. The van der Waals surface area contributed by atoms with E-state index in [2.05, 4.69) is 80.6 Å². The van der Waals surface area contributed by atoms with Crippen LogP contribution < -0.4 is 10.4 Å². The molecule has 0 aliphatic heterocycles. The Hall–Kier alpha value is -2.34. The van der Waals surface area contributed by atoms with Crippen LogP contribution in [0.15, 0.2) is 72.3 Å². The second kappa shape index (κ2) is 5.14. The minimum atomic E-state index is 0.559. The van der Waals surface area contributed by atoms with Gasteiger partial charge in [-0.2, -0.15) is 0 Å². The van der Waals surface area contributed by atoms with Gasteiger partial charge in [-0.15, -0.1) is 0 Å². The third-order valence-electron chi connectivity index (χ3n) is 5.06. The molecule has 22 heavy (non-hydrogen) atoms. The first-order valence-corrected chi connectivity index (χ1v) is 8.00. The first-order chi connectivity index (χ1) is 10.8. The minimum Gasteiger partial charge on any atom is -0.0836 e. The molecule has 0 spiro atoms. The summed E-state index contributed by atoms with van der Waals surface area (Å²) in [5.74, 6) is 0.559. The number of benzene rings is 2. The Kier molecular flexibility index (Phi) is 3.11. The minimum absolute atomic E-state index is 0.559. The van der Waals surface area contributed by atoms with E-state index in [-0.39, 0.29) is 0 Å². The van der Waals surface area contributed by atoms with Crippen LogP contribution in [0.1, 0.15) is 20.3 Å². The van der Waals surface area contributed by atoms with Crippen LogP contribution in [0, 0.1) is 5.92 Å². The van der Waals surface area contributed by atoms with Crippen molar-refractivity contribution in [2.45, 2.75) is 20.3 Å². The molecule has 0 nitrogen and oxygen atoms in total. The third kappa shape index (κ3) is 1.91. The molecule has 0 heteroatoms. The summed E-state index contributed by atoms with van der Waals surface area (Å²) < 4.78 is 0. The molecule has 2 aliphatic carbocycles. The van der Waals surface area contributed by atoms with E-state index in [1.807, 2.05) is 0 Å². The van der Waals surface area contributed by atoms with Crippen molar-refractivity contribution in [1.29, 1.82) is 0 Å². The highest BCUT2D eigenvalue weighted by molar-refractivity contribution is 5.80. The van der Waals surface area contributed by atoms with Crippen LogP contribution in [0.5, 0.6) is 0 Å². The van der Waals surface area contributed by atoms with Gasteiger partial charge in [0.1, 0.15) is 0 Å². The zero-order valence-corrected chi connectivity index (χ0v) is 13.1. The second-order valence-electron chi connectivity index (χ2n) is 6.24. The molecule has 1 atom stereocenters.